The van der Waals surface area contributed by atoms with E-state index in [0.29, 0.717) is 0 Å². The third-order valence-corrected chi connectivity index (χ3v) is 3.28. The molecule has 0 bridgehead atoms. The average Bonchev–Trinajstić information content (AvgIpc) is 2.68. The summed E-state index contributed by atoms with van der Waals surface area (Å²) in [6.45, 7) is 7.33. The molecule has 1 aromatic rings. The van der Waals surface area contributed by atoms with E-state index in [1.165, 1.54) is 12.8 Å². The largest absolute Gasteiger partial charge is 0.305 e. The summed E-state index contributed by atoms with van der Waals surface area (Å²) in [5.41, 5.74) is 0.888. The molecule has 1 aromatic carbocycles. The molecule has 0 atom stereocenters. The molecule has 1 aliphatic rings. The minimum absolute atomic E-state index is 0.245. The number of benzene rings is 1. The molecule has 72 valence electrons. The molecule has 2 rings (SSSR count). The maximum atomic E-state index is 7.33. The van der Waals surface area contributed by atoms with Gasteiger partial charge in [-0.05, 0) is 37.1 Å². The van der Waals surface area contributed by atoms with Crippen LogP contribution in [0.4, 0.5) is 0 Å². The summed E-state index contributed by atoms with van der Waals surface area (Å²) in [5.74, 6) is 0. The average molecular weight is 206 g/mol. The summed E-state index contributed by atoms with van der Waals surface area (Å²) < 4.78 is 0. The van der Waals surface area contributed by atoms with Crippen LogP contribution in [-0.4, -0.2) is 0 Å². The summed E-state index contributed by atoms with van der Waals surface area (Å²) in [7, 11) is 0. The first-order valence-electron chi connectivity index (χ1n) is 4.91. The van der Waals surface area contributed by atoms with Crippen molar-refractivity contribution in [2.24, 2.45) is 0 Å². The lowest BCUT2D eigenvalue weighted by Gasteiger charge is -2.15. The summed E-state index contributed by atoms with van der Waals surface area (Å²) >= 11 is 5.83. The van der Waals surface area contributed by atoms with E-state index in [0.717, 1.165) is 23.4 Å². The Bertz CT molecular complexity index is 355. The predicted octanol–water partition coefficient (Wildman–Crippen LogP) is 4.03. The van der Waals surface area contributed by atoms with E-state index in [-0.39, 0.29) is 5.54 Å². The van der Waals surface area contributed by atoms with Gasteiger partial charge in [0.05, 0.1) is 0 Å². The molecule has 0 aromatic heterocycles. The van der Waals surface area contributed by atoms with Crippen molar-refractivity contribution in [2.45, 2.75) is 31.2 Å². The number of hydrogen-bond donors (Lipinski definition) is 0. The highest BCUT2D eigenvalue weighted by Gasteiger charge is 2.41. The lowest BCUT2D eigenvalue weighted by atomic mass is 9.89. The van der Waals surface area contributed by atoms with Crippen molar-refractivity contribution in [3.05, 3.63) is 46.3 Å². The van der Waals surface area contributed by atoms with Crippen molar-refractivity contribution in [3.8, 4) is 0 Å². The zero-order valence-electron chi connectivity index (χ0n) is 7.96. The van der Waals surface area contributed by atoms with E-state index >= 15 is 0 Å². The van der Waals surface area contributed by atoms with Gasteiger partial charge in [-0.15, -0.1) is 0 Å². The van der Waals surface area contributed by atoms with Crippen molar-refractivity contribution in [2.75, 3.05) is 0 Å². The highest BCUT2D eigenvalue weighted by atomic mass is 35.5. The molecule has 1 nitrogen and oxygen atoms in total. The van der Waals surface area contributed by atoms with Gasteiger partial charge in [-0.25, -0.2) is 6.57 Å². The molecule has 0 aliphatic heterocycles. The summed E-state index contributed by atoms with van der Waals surface area (Å²) in [6, 6.07) is 7.74. The standard InChI is InChI=1S/C12H12ClN/c1-14-12(8-2-3-9-12)10-4-6-11(13)7-5-10/h4-7H,2-3,8-9H2. The molecular weight excluding hydrogens is 194 g/mol. The van der Waals surface area contributed by atoms with Crippen molar-refractivity contribution >= 4 is 11.6 Å². The Morgan fingerprint density at radius 2 is 1.71 bits per heavy atom. The molecule has 0 unspecified atom stereocenters. The first kappa shape index (κ1) is 9.55. The van der Waals surface area contributed by atoms with Gasteiger partial charge in [0.2, 0.25) is 0 Å². The molecule has 2 heteroatoms. The van der Waals surface area contributed by atoms with Crippen molar-refractivity contribution in [1.82, 2.24) is 0 Å². The van der Waals surface area contributed by atoms with E-state index in [2.05, 4.69) is 4.85 Å². The topological polar surface area (TPSA) is 4.36 Å². The van der Waals surface area contributed by atoms with Crippen LogP contribution < -0.4 is 0 Å². The Balaban J connectivity index is 2.37. The lowest BCUT2D eigenvalue weighted by Crippen LogP contribution is -2.16. The molecule has 0 heterocycles. The lowest BCUT2D eigenvalue weighted by molar-refractivity contribution is 0.553. The quantitative estimate of drug-likeness (QED) is 0.610. The molecule has 0 radical (unpaired) electrons. The Morgan fingerprint density at radius 1 is 1.14 bits per heavy atom. The zero-order valence-corrected chi connectivity index (χ0v) is 8.72. The minimum Gasteiger partial charge on any atom is -0.305 e. The molecule has 14 heavy (non-hydrogen) atoms. The van der Waals surface area contributed by atoms with Crippen LogP contribution in [0.3, 0.4) is 0 Å². The van der Waals surface area contributed by atoms with Gasteiger partial charge in [-0.1, -0.05) is 11.6 Å². The molecule has 1 fully saturated rings. The van der Waals surface area contributed by atoms with Crippen LogP contribution >= 0.6 is 11.6 Å². The Kier molecular flexibility index (Phi) is 2.48. The number of halogens is 1. The van der Waals surface area contributed by atoms with Crippen molar-refractivity contribution in [3.63, 3.8) is 0 Å². The van der Waals surface area contributed by atoms with Gasteiger partial charge < -0.3 is 4.85 Å². The maximum Gasteiger partial charge on any atom is 0.257 e. The minimum atomic E-state index is -0.245. The van der Waals surface area contributed by atoms with Crippen LogP contribution in [0.25, 0.3) is 4.85 Å². The van der Waals surface area contributed by atoms with Gasteiger partial charge >= 0.3 is 0 Å². The number of nitrogens with zero attached hydrogens (tertiary/aromatic N) is 1. The van der Waals surface area contributed by atoms with Crippen molar-refractivity contribution < 1.29 is 0 Å². The summed E-state index contributed by atoms with van der Waals surface area (Å²) in [4.78, 5) is 3.83. The molecule has 0 saturated heterocycles. The second-order valence-electron chi connectivity index (χ2n) is 3.86. The van der Waals surface area contributed by atoms with E-state index in [1.54, 1.807) is 0 Å². The monoisotopic (exact) mass is 205 g/mol. The Labute approximate surface area is 89.5 Å². The van der Waals surface area contributed by atoms with Crippen LogP contribution in [0, 0.1) is 6.57 Å². The maximum absolute atomic E-state index is 7.33. The fourth-order valence-corrected chi connectivity index (χ4v) is 2.31. The smallest absolute Gasteiger partial charge is 0.257 e. The third-order valence-electron chi connectivity index (χ3n) is 3.03. The third kappa shape index (κ3) is 1.51. The van der Waals surface area contributed by atoms with Crippen LogP contribution in [0.1, 0.15) is 31.2 Å². The van der Waals surface area contributed by atoms with Crippen LogP contribution in [0.15, 0.2) is 24.3 Å². The van der Waals surface area contributed by atoms with Crippen LogP contribution in [-0.2, 0) is 5.54 Å². The highest BCUT2D eigenvalue weighted by molar-refractivity contribution is 6.30. The fourth-order valence-electron chi connectivity index (χ4n) is 2.19. The van der Waals surface area contributed by atoms with Gasteiger partial charge in [-0.3, -0.25) is 0 Å². The first-order chi connectivity index (χ1) is 6.77. The fraction of sp³-hybridized carbons (Fsp3) is 0.417. The Hall–Kier alpha value is -1.00. The molecule has 0 N–H and O–H groups in total. The van der Waals surface area contributed by atoms with Gasteiger partial charge in [0.1, 0.15) is 0 Å². The molecule has 1 saturated carbocycles. The number of rotatable bonds is 1. The van der Waals surface area contributed by atoms with Gasteiger partial charge in [0.25, 0.3) is 5.54 Å². The van der Waals surface area contributed by atoms with Crippen LogP contribution in [0.5, 0.6) is 0 Å². The molecule has 0 spiro atoms. The SMILES string of the molecule is [C-]#[N+]C1(c2ccc(Cl)cc2)CCCC1. The second kappa shape index (κ2) is 3.63. The first-order valence-corrected chi connectivity index (χ1v) is 5.29. The van der Waals surface area contributed by atoms with E-state index in [1.807, 2.05) is 24.3 Å². The Morgan fingerprint density at radius 3 is 2.21 bits per heavy atom. The van der Waals surface area contributed by atoms with Gasteiger partial charge in [0.15, 0.2) is 0 Å². The van der Waals surface area contributed by atoms with Crippen molar-refractivity contribution in [1.29, 1.82) is 0 Å². The molecular formula is C12H12ClN. The highest BCUT2D eigenvalue weighted by Crippen LogP contribution is 2.42. The molecule has 1 aliphatic carbocycles. The van der Waals surface area contributed by atoms with E-state index in [4.69, 9.17) is 18.2 Å². The molecule has 0 amide bonds. The number of hydrogen-bond acceptors (Lipinski definition) is 0. The zero-order chi connectivity index (χ0) is 10.0. The summed E-state index contributed by atoms with van der Waals surface area (Å²) in [6.07, 6.45) is 4.34. The van der Waals surface area contributed by atoms with E-state index in [9.17, 15) is 0 Å². The van der Waals surface area contributed by atoms with E-state index < -0.39 is 0 Å². The predicted molar refractivity (Wildman–Crippen MR) is 58.2 cm³/mol. The van der Waals surface area contributed by atoms with Crippen LogP contribution in [0.2, 0.25) is 5.02 Å². The van der Waals surface area contributed by atoms with Gasteiger partial charge in [-0.2, -0.15) is 0 Å². The van der Waals surface area contributed by atoms with Gasteiger partial charge in [0, 0.05) is 23.4 Å². The normalized spacial score (nSPS) is 19.1. The summed E-state index contributed by atoms with van der Waals surface area (Å²) in [5, 5.41) is 0.742. The second-order valence-corrected chi connectivity index (χ2v) is 4.29.